The Morgan fingerprint density at radius 2 is 2.05 bits per heavy atom. The van der Waals surface area contributed by atoms with Gasteiger partial charge in [0.15, 0.2) is 5.65 Å². The summed E-state index contributed by atoms with van der Waals surface area (Å²) in [5.74, 6) is 1.22. The van der Waals surface area contributed by atoms with Crippen molar-refractivity contribution in [2.45, 2.75) is 13.5 Å². The second-order valence-corrected chi connectivity index (χ2v) is 5.55. The highest BCUT2D eigenvalue weighted by Crippen LogP contribution is 2.23. The standard InChI is InChI=1S/C14H13Cl2N5/c1-8-4-13(20-21-12(17)7-19-14(8)21)18-6-9-2-3-10(15)11(16)5-9/h2-5,7H,6,17H2,1H3,(H,18,20). The molecular weight excluding hydrogens is 309 g/mol. The number of aromatic nitrogens is 3. The summed E-state index contributed by atoms with van der Waals surface area (Å²) in [6.45, 7) is 2.55. The first-order valence-corrected chi connectivity index (χ1v) is 7.09. The zero-order chi connectivity index (χ0) is 15.0. The van der Waals surface area contributed by atoms with Gasteiger partial charge >= 0.3 is 0 Å². The number of nitrogens with zero attached hydrogens (tertiary/aromatic N) is 3. The van der Waals surface area contributed by atoms with Crippen molar-refractivity contribution < 1.29 is 0 Å². The van der Waals surface area contributed by atoms with Crippen LogP contribution >= 0.6 is 23.2 Å². The topological polar surface area (TPSA) is 68.2 Å². The molecule has 3 rings (SSSR count). The molecule has 5 nitrogen and oxygen atoms in total. The van der Waals surface area contributed by atoms with E-state index in [0.29, 0.717) is 22.4 Å². The molecule has 0 amide bonds. The summed E-state index contributed by atoms with van der Waals surface area (Å²) in [6.07, 6.45) is 1.60. The molecule has 3 aromatic rings. The third kappa shape index (κ3) is 2.75. The Hall–Kier alpha value is -1.98. The van der Waals surface area contributed by atoms with Crippen molar-refractivity contribution in [2.24, 2.45) is 0 Å². The minimum atomic E-state index is 0.506. The van der Waals surface area contributed by atoms with Crippen molar-refractivity contribution in [2.75, 3.05) is 11.1 Å². The van der Waals surface area contributed by atoms with E-state index >= 15 is 0 Å². The van der Waals surface area contributed by atoms with Crippen LogP contribution in [0.2, 0.25) is 10.0 Å². The van der Waals surface area contributed by atoms with Crippen LogP contribution in [0.1, 0.15) is 11.1 Å². The number of halogens is 2. The Balaban J connectivity index is 1.84. The number of nitrogens with one attached hydrogen (secondary N) is 1. The van der Waals surface area contributed by atoms with Gasteiger partial charge in [0, 0.05) is 6.54 Å². The second kappa shape index (κ2) is 5.42. The fourth-order valence-corrected chi connectivity index (χ4v) is 2.39. The number of anilines is 2. The fourth-order valence-electron chi connectivity index (χ4n) is 2.07. The lowest BCUT2D eigenvalue weighted by Crippen LogP contribution is -2.06. The Morgan fingerprint density at radius 1 is 1.24 bits per heavy atom. The summed E-state index contributed by atoms with van der Waals surface area (Å²) in [4.78, 5) is 4.21. The second-order valence-electron chi connectivity index (χ2n) is 4.73. The van der Waals surface area contributed by atoms with Gasteiger partial charge < -0.3 is 11.1 Å². The van der Waals surface area contributed by atoms with Crippen molar-refractivity contribution >= 4 is 40.5 Å². The molecule has 0 radical (unpaired) electrons. The molecule has 108 valence electrons. The minimum Gasteiger partial charge on any atom is -0.382 e. The lowest BCUT2D eigenvalue weighted by Gasteiger charge is -2.08. The van der Waals surface area contributed by atoms with Crippen LogP contribution in [0.4, 0.5) is 11.6 Å². The van der Waals surface area contributed by atoms with Gasteiger partial charge in [-0.05, 0) is 36.2 Å². The van der Waals surface area contributed by atoms with Crippen LogP contribution in [0.5, 0.6) is 0 Å². The Bertz CT molecular complexity index is 812. The highest BCUT2D eigenvalue weighted by Gasteiger charge is 2.07. The van der Waals surface area contributed by atoms with Crippen LogP contribution in [-0.4, -0.2) is 14.6 Å². The molecule has 0 unspecified atom stereocenters. The first kappa shape index (κ1) is 14.0. The summed E-state index contributed by atoms with van der Waals surface area (Å²) in [5, 5.41) is 8.73. The molecule has 0 atom stereocenters. The largest absolute Gasteiger partial charge is 0.382 e. The molecular formula is C14H13Cl2N5. The van der Waals surface area contributed by atoms with Crippen LogP contribution < -0.4 is 11.1 Å². The number of nitrogen functional groups attached to an aromatic ring is 1. The highest BCUT2D eigenvalue weighted by atomic mass is 35.5. The van der Waals surface area contributed by atoms with Gasteiger partial charge in [0.25, 0.3) is 0 Å². The molecule has 1 aromatic carbocycles. The molecule has 0 aliphatic carbocycles. The average molecular weight is 322 g/mol. The maximum atomic E-state index is 6.00. The van der Waals surface area contributed by atoms with Gasteiger partial charge in [-0.2, -0.15) is 4.52 Å². The number of hydrogen-bond acceptors (Lipinski definition) is 4. The van der Waals surface area contributed by atoms with Gasteiger partial charge in [0.1, 0.15) is 11.6 Å². The van der Waals surface area contributed by atoms with Gasteiger partial charge in [-0.3, -0.25) is 0 Å². The lowest BCUT2D eigenvalue weighted by atomic mass is 10.2. The van der Waals surface area contributed by atoms with E-state index in [4.69, 9.17) is 28.9 Å². The third-order valence-electron chi connectivity index (χ3n) is 3.14. The number of hydrogen-bond donors (Lipinski definition) is 2. The molecule has 21 heavy (non-hydrogen) atoms. The fraction of sp³-hybridized carbons (Fsp3) is 0.143. The number of fused-ring (bicyclic) bond motifs is 1. The van der Waals surface area contributed by atoms with Crippen LogP contribution in [0.3, 0.4) is 0 Å². The van der Waals surface area contributed by atoms with E-state index in [2.05, 4.69) is 15.4 Å². The zero-order valence-electron chi connectivity index (χ0n) is 11.3. The SMILES string of the molecule is Cc1cc(NCc2ccc(Cl)c(Cl)c2)nn2c(N)cnc12. The third-order valence-corrected chi connectivity index (χ3v) is 3.87. The van der Waals surface area contributed by atoms with Gasteiger partial charge in [0.2, 0.25) is 0 Å². The molecule has 2 heterocycles. The van der Waals surface area contributed by atoms with E-state index in [9.17, 15) is 0 Å². The average Bonchev–Trinajstić information content (AvgIpc) is 2.83. The van der Waals surface area contributed by atoms with Crippen molar-refractivity contribution in [3.8, 4) is 0 Å². The Kier molecular flexibility index (Phi) is 3.61. The first-order valence-electron chi connectivity index (χ1n) is 6.33. The molecule has 0 aliphatic heterocycles. The minimum absolute atomic E-state index is 0.506. The number of rotatable bonds is 3. The molecule has 0 saturated carbocycles. The maximum Gasteiger partial charge on any atom is 0.158 e. The number of benzene rings is 1. The molecule has 0 fully saturated rings. The predicted octanol–water partition coefficient (Wildman–Crippen LogP) is 3.54. The molecule has 2 aromatic heterocycles. The monoisotopic (exact) mass is 321 g/mol. The predicted molar refractivity (Wildman–Crippen MR) is 85.9 cm³/mol. The van der Waals surface area contributed by atoms with Gasteiger partial charge in [-0.1, -0.05) is 29.3 Å². The van der Waals surface area contributed by atoms with E-state index in [-0.39, 0.29) is 0 Å². The van der Waals surface area contributed by atoms with E-state index in [1.54, 1.807) is 16.8 Å². The maximum absolute atomic E-state index is 6.00. The quantitative estimate of drug-likeness (QED) is 0.774. The first-order chi connectivity index (χ1) is 10.0. The van der Waals surface area contributed by atoms with Gasteiger partial charge in [0.05, 0.1) is 16.2 Å². The van der Waals surface area contributed by atoms with Crippen molar-refractivity contribution in [3.63, 3.8) is 0 Å². The van der Waals surface area contributed by atoms with E-state index < -0.39 is 0 Å². The summed E-state index contributed by atoms with van der Waals surface area (Å²) < 4.78 is 1.62. The van der Waals surface area contributed by atoms with Crippen molar-refractivity contribution in [1.82, 2.24) is 14.6 Å². The summed E-state index contributed by atoms with van der Waals surface area (Å²) in [5.41, 5.74) is 8.61. The lowest BCUT2D eigenvalue weighted by molar-refractivity contribution is 0.926. The van der Waals surface area contributed by atoms with Crippen molar-refractivity contribution in [3.05, 3.63) is 51.6 Å². The molecule has 0 saturated heterocycles. The smallest absolute Gasteiger partial charge is 0.158 e. The number of nitrogens with two attached hydrogens (primary N) is 1. The van der Waals surface area contributed by atoms with Crippen LogP contribution in [0.25, 0.3) is 5.65 Å². The van der Waals surface area contributed by atoms with Crippen LogP contribution in [-0.2, 0) is 6.54 Å². The molecule has 7 heteroatoms. The molecule has 0 aliphatic rings. The summed E-state index contributed by atoms with van der Waals surface area (Å²) >= 11 is 11.9. The highest BCUT2D eigenvalue weighted by molar-refractivity contribution is 6.42. The normalized spacial score (nSPS) is 11.0. The van der Waals surface area contributed by atoms with E-state index in [0.717, 1.165) is 22.6 Å². The molecule has 0 spiro atoms. The number of imidazole rings is 1. The van der Waals surface area contributed by atoms with Crippen LogP contribution in [0, 0.1) is 6.92 Å². The molecule has 3 N–H and O–H groups in total. The molecule has 0 bridgehead atoms. The Morgan fingerprint density at radius 3 is 2.81 bits per heavy atom. The van der Waals surface area contributed by atoms with Gasteiger partial charge in [-0.15, -0.1) is 5.10 Å². The van der Waals surface area contributed by atoms with Crippen LogP contribution in [0.15, 0.2) is 30.5 Å². The van der Waals surface area contributed by atoms with E-state index in [1.165, 1.54) is 0 Å². The van der Waals surface area contributed by atoms with Crippen molar-refractivity contribution in [1.29, 1.82) is 0 Å². The number of aryl methyl sites for hydroxylation is 1. The summed E-state index contributed by atoms with van der Waals surface area (Å²) in [7, 11) is 0. The van der Waals surface area contributed by atoms with E-state index in [1.807, 2.05) is 25.1 Å². The summed E-state index contributed by atoms with van der Waals surface area (Å²) in [6, 6.07) is 7.45. The Labute approximate surface area is 131 Å². The zero-order valence-corrected chi connectivity index (χ0v) is 12.8. The van der Waals surface area contributed by atoms with Gasteiger partial charge in [-0.25, -0.2) is 4.98 Å².